The van der Waals surface area contributed by atoms with E-state index in [1.54, 1.807) is 6.07 Å². The van der Waals surface area contributed by atoms with E-state index in [4.69, 9.17) is 5.26 Å². The number of benzene rings is 1. The Balaban J connectivity index is 1.94. The highest BCUT2D eigenvalue weighted by atomic mass is 19.1. The van der Waals surface area contributed by atoms with Crippen LogP contribution in [0.5, 0.6) is 0 Å². The maximum atomic E-state index is 13.1. The van der Waals surface area contributed by atoms with Gasteiger partial charge < -0.3 is 10.6 Å². The molecule has 2 N–H and O–H groups in total. The van der Waals surface area contributed by atoms with Crippen molar-refractivity contribution in [1.29, 1.82) is 5.26 Å². The molecule has 1 aliphatic rings. The fourth-order valence-corrected chi connectivity index (χ4v) is 2.79. The Morgan fingerprint density at radius 3 is 3.10 bits per heavy atom. The molecule has 2 unspecified atom stereocenters. The Kier molecular flexibility index (Phi) is 5.37. The first-order chi connectivity index (χ1) is 9.69. The van der Waals surface area contributed by atoms with Crippen molar-refractivity contribution in [3.63, 3.8) is 0 Å². The highest BCUT2D eigenvalue weighted by Gasteiger charge is 2.15. The van der Waals surface area contributed by atoms with Gasteiger partial charge in [-0.1, -0.05) is 12.8 Å². The van der Waals surface area contributed by atoms with Gasteiger partial charge in [0.2, 0.25) is 0 Å². The molecule has 0 saturated carbocycles. The number of nitrogens with zero attached hydrogens (tertiary/aromatic N) is 1. The largest absolute Gasteiger partial charge is 0.381 e. The van der Waals surface area contributed by atoms with Gasteiger partial charge in [0.15, 0.2) is 0 Å². The predicted octanol–water partition coefficient (Wildman–Crippen LogP) is 3.42. The van der Waals surface area contributed by atoms with Crippen LogP contribution in [0.1, 0.15) is 44.6 Å². The van der Waals surface area contributed by atoms with E-state index in [0.717, 1.165) is 18.7 Å². The standard InChI is InChI=1S/C16H22FN3/c1-12(9-15-5-3-2-4-8-19-15)20-16-7-6-14(17)10-13(16)11-18/h6-7,10,12,15,19-20H,2-5,8-9H2,1H3. The Morgan fingerprint density at radius 1 is 1.45 bits per heavy atom. The molecule has 0 spiro atoms. The predicted molar refractivity (Wildman–Crippen MR) is 79.1 cm³/mol. The fraction of sp³-hybridized carbons (Fsp3) is 0.562. The van der Waals surface area contributed by atoms with Gasteiger partial charge in [0.1, 0.15) is 11.9 Å². The molecule has 2 atom stereocenters. The van der Waals surface area contributed by atoms with Crippen molar-refractivity contribution in [3.05, 3.63) is 29.6 Å². The smallest absolute Gasteiger partial charge is 0.124 e. The maximum absolute atomic E-state index is 13.1. The summed E-state index contributed by atoms with van der Waals surface area (Å²) in [4.78, 5) is 0. The maximum Gasteiger partial charge on any atom is 0.124 e. The topological polar surface area (TPSA) is 47.8 Å². The van der Waals surface area contributed by atoms with Gasteiger partial charge in [0.05, 0.1) is 11.3 Å². The van der Waals surface area contributed by atoms with E-state index in [1.807, 2.05) is 6.07 Å². The lowest BCUT2D eigenvalue weighted by Gasteiger charge is -2.22. The van der Waals surface area contributed by atoms with E-state index in [2.05, 4.69) is 17.6 Å². The van der Waals surface area contributed by atoms with E-state index in [1.165, 1.54) is 37.8 Å². The van der Waals surface area contributed by atoms with Crippen LogP contribution >= 0.6 is 0 Å². The number of anilines is 1. The second kappa shape index (κ2) is 7.25. The lowest BCUT2D eigenvalue weighted by atomic mass is 10.0. The monoisotopic (exact) mass is 275 g/mol. The van der Waals surface area contributed by atoms with Crippen LogP contribution in [0.15, 0.2) is 18.2 Å². The van der Waals surface area contributed by atoms with E-state index in [9.17, 15) is 4.39 Å². The second-order valence-corrected chi connectivity index (χ2v) is 5.58. The van der Waals surface area contributed by atoms with Crippen LogP contribution in [0.3, 0.4) is 0 Å². The van der Waals surface area contributed by atoms with Gasteiger partial charge in [-0.05, 0) is 50.9 Å². The lowest BCUT2D eigenvalue weighted by Crippen LogP contribution is -2.33. The average molecular weight is 275 g/mol. The summed E-state index contributed by atoms with van der Waals surface area (Å²) in [7, 11) is 0. The van der Waals surface area contributed by atoms with Gasteiger partial charge in [0.25, 0.3) is 0 Å². The molecule has 20 heavy (non-hydrogen) atoms. The molecule has 1 heterocycles. The average Bonchev–Trinajstić information content (AvgIpc) is 2.69. The quantitative estimate of drug-likeness (QED) is 0.885. The summed E-state index contributed by atoms with van der Waals surface area (Å²) in [6.45, 7) is 3.20. The summed E-state index contributed by atoms with van der Waals surface area (Å²) in [5, 5.41) is 15.9. The molecule has 0 aliphatic carbocycles. The van der Waals surface area contributed by atoms with Crippen molar-refractivity contribution in [3.8, 4) is 6.07 Å². The van der Waals surface area contributed by atoms with E-state index >= 15 is 0 Å². The van der Waals surface area contributed by atoms with Gasteiger partial charge in [-0.25, -0.2) is 4.39 Å². The van der Waals surface area contributed by atoms with Gasteiger partial charge in [0, 0.05) is 12.1 Å². The zero-order valence-corrected chi connectivity index (χ0v) is 12.0. The van der Waals surface area contributed by atoms with Gasteiger partial charge >= 0.3 is 0 Å². The first-order valence-electron chi connectivity index (χ1n) is 7.38. The normalized spacial score (nSPS) is 20.8. The van der Waals surface area contributed by atoms with Gasteiger partial charge in [-0.3, -0.25) is 0 Å². The Morgan fingerprint density at radius 2 is 2.30 bits per heavy atom. The van der Waals surface area contributed by atoms with Crippen molar-refractivity contribution in [2.45, 2.75) is 51.1 Å². The van der Waals surface area contributed by atoms with Crippen molar-refractivity contribution >= 4 is 5.69 Å². The molecule has 108 valence electrons. The van der Waals surface area contributed by atoms with Crippen LogP contribution in [-0.4, -0.2) is 18.6 Å². The zero-order valence-electron chi connectivity index (χ0n) is 12.0. The van der Waals surface area contributed by atoms with Crippen LogP contribution in [0.25, 0.3) is 0 Å². The molecule has 0 radical (unpaired) electrons. The molecule has 1 saturated heterocycles. The molecule has 1 fully saturated rings. The number of nitriles is 1. The van der Waals surface area contributed by atoms with E-state index in [-0.39, 0.29) is 11.9 Å². The summed E-state index contributed by atoms with van der Waals surface area (Å²) >= 11 is 0. The molecule has 1 aromatic rings. The summed E-state index contributed by atoms with van der Waals surface area (Å²) in [6, 6.07) is 7.13. The SMILES string of the molecule is CC(CC1CCCCCN1)Nc1ccc(F)cc1C#N. The Labute approximate surface area is 120 Å². The number of hydrogen-bond acceptors (Lipinski definition) is 3. The highest BCUT2D eigenvalue weighted by Crippen LogP contribution is 2.19. The number of nitrogens with one attached hydrogen (secondary N) is 2. The molecule has 3 nitrogen and oxygen atoms in total. The Bertz CT molecular complexity index is 473. The minimum Gasteiger partial charge on any atom is -0.381 e. The van der Waals surface area contributed by atoms with Crippen LogP contribution in [0.2, 0.25) is 0 Å². The van der Waals surface area contributed by atoms with Crippen molar-refractivity contribution in [2.75, 3.05) is 11.9 Å². The highest BCUT2D eigenvalue weighted by molar-refractivity contribution is 5.57. The first kappa shape index (κ1) is 14.8. The third kappa shape index (κ3) is 4.21. The van der Waals surface area contributed by atoms with Crippen LogP contribution in [0, 0.1) is 17.1 Å². The second-order valence-electron chi connectivity index (χ2n) is 5.58. The molecule has 4 heteroatoms. The Hall–Kier alpha value is -1.60. The molecular weight excluding hydrogens is 253 g/mol. The molecule has 0 aromatic heterocycles. The molecule has 0 amide bonds. The van der Waals surface area contributed by atoms with Crippen molar-refractivity contribution in [1.82, 2.24) is 5.32 Å². The molecule has 1 aliphatic heterocycles. The number of halogens is 1. The van der Waals surface area contributed by atoms with Crippen LogP contribution in [0.4, 0.5) is 10.1 Å². The first-order valence-corrected chi connectivity index (χ1v) is 7.38. The minimum absolute atomic E-state index is 0.253. The van der Waals surface area contributed by atoms with Gasteiger partial charge in [-0.15, -0.1) is 0 Å². The van der Waals surface area contributed by atoms with E-state index < -0.39 is 0 Å². The van der Waals surface area contributed by atoms with E-state index in [0.29, 0.717) is 11.6 Å². The summed E-state index contributed by atoms with van der Waals surface area (Å²) < 4.78 is 13.1. The van der Waals surface area contributed by atoms with Gasteiger partial charge in [-0.2, -0.15) is 5.26 Å². The van der Waals surface area contributed by atoms with Crippen molar-refractivity contribution in [2.24, 2.45) is 0 Å². The summed E-state index contributed by atoms with van der Waals surface area (Å²) in [6.07, 6.45) is 6.07. The summed E-state index contributed by atoms with van der Waals surface area (Å²) in [5.74, 6) is -0.370. The minimum atomic E-state index is -0.370. The fourth-order valence-electron chi connectivity index (χ4n) is 2.79. The third-order valence-electron chi connectivity index (χ3n) is 3.80. The van der Waals surface area contributed by atoms with Crippen molar-refractivity contribution < 1.29 is 4.39 Å². The molecule has 2 rings (SSSR count). The third-order valence-corrected chi connectivity index (χ3v) is 3.80. The molecule has 0 bridgehead atoms. The lowest BCUT2D eigenvalue weighted by molar-refractivity contribution is 0.456. The number of hydrogen-bond donors (Lipinski definition) is 2. The zero-order chi connectivity index (χ0) is 14.4. The van der Waals surface area contributed by atoms with Crippen LogP contribution in [-0.2, 0) is 0 Å². The number of rotatable bonds is 4. The van der Waals surface area contributed by atoms with Crippen LogP contribution < -0.4 is 10.6 Å². The molecule has 1 aromatic carbocycles. The molecular formula is C16H22FN3. The summed E-state index contributed by atoms with van der Waals surface area (Å²) in [5.41, 5.74) is 1.08.